The van der Waals surface area contributed by atoms with E-state index in [2.05, 4.69) is 5.32 Å². The quantitative estimate of drug-likeness (QED) is 0.794. The number of rotatable bonds is 6. The van der Waals surface area contributed by atoms with Gasteiger partial charge in [-0.3, -0.25) is 9.59 Å². The number of nitrogens with one attached hydrogen (secondary N) is 1. The van der Waals surface area contributed by atoms with Crippen LogP contribution < -0.4 is 5.32 Å². The van der Waals surface area contributed by atoms with E-state index < -0.39 is 12.0 Å². The third-order valence-corrected chi connectivity index (χ3v) is 5.09. The fourth-order valence-electron chi connectivity index (χ4n) is 2.77. The molecule has 6 nitrogen and oxygen atoms in total. The van der Waals surface area contributed by atoms with Crippen LogP contribution in [0.4, 0.5) is 0 Å². The van der Waals surface area contributed by atoms with Gasteiger partial charge in [-0.15, -0.1) is 11.8 Å². The first-order valence-corrected chi connectivity index (χ1v) is 9.80. The number of carboxylic acids is 1. The van der Waals surface area contributed by atoms with Crippen LogP contribution in [0.3, 0.4) is 0 Å². The lowest BCUT2D eigenvalue weighted by atomic mass is 9.91. The number of benzene rings is 1. The van der Waals surface area contributed by atoms with Crippen LogP contribution >= 0.6 is 11.8 Å². The van der Waals surface area contributed by atoms with Crippen LogP contribution in [0.2, 0.25) is 0 Å². The molecule has 0 bridgehead atoms. The third kappa shape index (κ3) is 5.76. The Morgan fingerprint density at radius 3 is 2.69 bits per heavy atom. The Morgan fingerprint density at radius 1 is 1.31 bits per heavy atom. The first-order chi connectivity index (χ1) is 12.2. The smallest absolute Gasteiger partial charge is 0.335 e. The summed E-state index contributed by atoms with van der Waals surface area (Å²) < 4.78 is 0. The maximum absolute atomic E-state index is 12.5. The number of amides is 2. The van der Waals surface area contributed by atoms with Gasteiger partial charge in [0, 0.05) is 18.7 Å². The molecule has 0 aromatic heterocycles. The Balaban J connectivity index is 1.88. The highest BCUT2D eigenvalue weighted by atomic mass is 32.2. The van der Waals surface area contributed by atoms with Crippen molar-refractivity contribution < 1.29 is 19.5 Å². The molecule has 1 fully saturated rings. The summed E-state index contributed by atoms with van der Waals surface area (Å²) in [5.74, 6) is 0.0551. The van der Waals surface area contributed by atoms with Crippen LogP contribution in [-0.4, -0.2) is 52.0 Å². The highest BCUT2D eigenvalue weighted by Crippen LogP contribution is 2.26. The summed E-state index contributed by atoms with van der Waals surface area (Å²) in [6.07, 6.45) is 0.960. The fraction of sp³-hybridized carbons (Fsp3) is 0.526. The zero-order chi connectivity index (χ0) is 19.3. The van der Waals surface area contributed by atoms with Crippen molar-refractivity contribution in [3.05, 3.63) is 35.4 Å². The summed E-state index contributed by atoms with van der Waals surface area (Å²) in [5.41, 5.74) is 0.979. The molecule has 1 aromatic carbocycles. The van der Waals surface area contributed by atoms with E-state index in [0.717, 1.165) is 5.56 Å². The van der Waals surface area contributed by atoms with Gasteiger partial charge in [0.2, 0.25) is 11.8 Å². The van der Waals surface area contributed by atoms with Gasteiger partial charge in [-0.2, -0.15) is 0 Å². The van der Waals surface area contributed by atoms with Crippen LogP contribution in [0.5, 0.6) is 0 Å². The average molecular weight is 378 g/mol. The van der Waals surface area contributed by atoms with Crippen molar-refractivity contribution in [2.45, 2.75) is 39.7 Å². The van der Waals surface area contributed by atoms with Gasteiger partial charge < -0.3 is 15.3 Å². The number of carboxylic acid groups (broad SMARTS) is 1. The van der Waals surface area contributed by atoms with Gasteiger partial charge in [-0.25, -0.2) is 4.79 Å². The molecule has 1 heterocycles. The molecular weight excluding hydrogens is 352 g/mol. The highest BCUT2D eigenvalue weighted by Gasteiger charge is 2.35. The maximum Gasteiger partial charge on any atom is 0.335 e. The predicted molar refractivity (Wildman–Crippen MR) is 102 cm³/mol. The van der Waals surface area contributed by atoms with Crippen molar-refractivity contribution in [1.29, 1.82) is 0 Å². The molecule has 2 N–H and O–H groups in total. The third-order valence-electron chi connectivity index (χ3n) is 4.07. The van der Waals surface area contributed by atoms with Crippen molar-refractivity contribution in [3.8, 4) is 0 Å². The zero-order valence-corrected chi connectivity index (χ0v) is 16.3. The molecule has 1 aliphatic rings. The monoisotopic (exact) mass is 378 g/mol. The Bertz CT molecular complexity index is 684. The van der Waals surface area contributed by atoms with Crippen molar-refractivity contribution in [1.82, 2.24) is 10.2 Å². The molecule has 1 aromatic rings. The number of aromatic carboxylic acids is 1. The van der Waals surface area contributed by atoms with Crippen LogP contribution in [0.1, 0.15) is 43.1 Å². The molecule has 1 atom stereocenters. The lowest BCUT2D eigenvalue weighted by Crippen LogP contribution is -2.48. The molecule has 2 rings (SSSR count). The summed E-state index contributed by atoms with van der Waals surface area (Å²) in [7, 11) is 0. The van der Waals surface area contributed by atoms with E-state index in [-0.39, 0.29) is 22.8 Å². The van der Waals surface area contributed by atoms with Gasteiger partial charge in [0.1, 0.15) is 6.04 Å². The van der Waals surface area contributed by atoms with Crippen molar-refractivity contribution in [2.75, 3.05) is 18.2 Å². The number of carbonyl (C=O) groups excluding carboxylic acids is 2. The predicted octanol–water partition coefficient (Wildman–Crippen LogP) is 2.38. The van der Waals surface area contributed by atoms with Gasteiger partial charge in [0.25, 0.3) is 0 Å². The molecule has 1 unspecified atom stereocenters. The molecule has 2 amide bonds. The molecule has 142 valence electrons. The van der Waals surface area contributed by atoms with Crippen molar-refractivity contribution in [3.63, 3.8) is 0 Å². The van der Waals surface area contributed by atoms with Crippen molar-refractivity contribution in [2.24, 2.45) is 5.41 Å². The number of hydrogen-bond acceptors (Lipinski definition) is 4. The molecule has 26 heavy (non-hydrogen) atoms. The topological polar surface area (TPSA) is 86.7 Å². The van der Waals surface area contributed by atoms with E-state index in [9.17, 15) is 14.4 Å². The lowest BCUT2D eigenvalue weighted by molar-refractivity contribution is -0.139. The molecule has 7 heteroatoms. The van der Waals surface area contributed by atoms with E-state index in [1.807, 2.05) is 26.8 Å². The van der Waals surface area contributed by atoms with Gasteiger partial charge in [0.05, 0.1) is 11.4 Å². The van der Waals surface area contributed by atoms with E-state index >= 15 is 0 Å². The van der Waals surface area contributed by atoms with Crippen LogP contribution in [0, 0.1) is 5.41 Å². The summed E-state index contributed by atoms with van der Waals surface area (Å²) >= 11 is 1.59. The standard InChI is InChI=1S/C19H26N2O4S/c1-19(2,3)10-16(22)21-12-26-11-15(21)17(23)20-8-7-13-5-4-6-14(9-13)18(24)25/h4-6,9,15H,7-8,10-12H2,1-3H3,(H,20,23)(H,24,25). The summed E-state index contributed by atoms with van der Waals surface area (Å²) in [6.45, 7) is 6.43. The minimum Gasteiger partial charge on any atom is -0.478 e. The van der Waals surface area contributed by atoms with E-state index in [0.29, 0.717) is 31.0 Å². The van der Waals surface area contributed by atoms with Gasteiger partial charge in [0.15, 0.2) is 0 Å². The Kier molecular flexibility index (Phi) is 6.69. The van der Waals surface area contributed by atoms with E-state index in [1.165, 1.54) is 0 Å². The number of nitrogens with zero attached hydrogens (tertiary/aromatic N) is 1. The average Bonchev–Trinajstić information content (AvgIpc) is 3.03. The Labute approximate surface area is 158 Å². The molecular formula is C19H26N2O4S. The second kappa shape index (κ2) is 8.58. The van der Waals surface area contributed by atoms with E-state index in [4.69, 9.17) is 5.11 Å². The SMILES string of the molecule is CC(C)(C)CC(=O)N1CSCC1C(=O)NCCc1cccc(C(=O)O)c1. The van der Waals surface area contributed by atoms with Crippen molar-refractivity contribution >= 4 is 29.5 Å². The molecule has 0 aliphatic carbocycles. The largest absolute Gasteiger partial charge is 0.478 e. The number of hydrogen-bond donors (Lipinski definition) is 2. The van der Waals surface area contributed by atoms with Crippen LogP contribution in [-0.2, 0) is 16.0 Å². The number of thioether (sulfide) groups is 1. The van der Waals surface area contributed by atoms with Crippen LogP contribution in [0.15, 0.2) is 24.3 Å². The van der Waals surface area contributed by atoms with Gasteiger partial charge in [-0.05, 0) is 29.5 Å². The second-order valence-corrected chi connectivity index (χ2v) is 8.66. The van der Waals surface area contributed by atoms with Crippen LogP contribution in [0.25, 0.3) is 0 Å². The summed E-state index contributed by atoms with van der Waals surface area (Å²) in [5, 5.41) is 11.9. The minimum atomic E-state index is -0.966. The number of carbonyl (C=O) groups is 3. The van der Waals surface area contributed by atoms with E-state index in [1.54, 1.807) is 34.9 Å². The fourth-order valence-corrected chi connectivity index (χ4v) is 3.95. The molecule has 0 spiro atoms. The summed E-state index contributed by atoms with van der Waals surface area (Å²) in [6, 6.07) is 6.25. The molecule has 0 radical (unpaired) electrons. The van der Waals surface area contributed by atoms with Gasteiger partial charge >= 0.3 is 5.97 Å². The Hall–Kier alpha value is -2.02. The first kappa shape index (κ1) is 20.3. The lowest BCUT2D eigenvalue weighted by Gasteiger charge is -2.26. The highest BCUT2D eigenvalue weighted by molar-refractivity contribution is 7.99. The summed E-state index contributed by atoms with van der Waals surface area (Å²) in [4.78, 5) is 37.6. The molecule has 1 aliphatic heterocycles. The van der Waals surface area contributed by atoms with Gasteiger partial charge in [-0.1, -0.05) is 32.9 Å². The molecule has 1 saturated heterocycles. The maximum atomic E-state index is 12.5. The first-order valence-electron chi connectivity index (χ1n) is 8.64. The normalized spacial score (nSPS) is 17.2. The second-order valence-electron chi connectivity index (χ2n) is 7.66. The molecule has 0 saturated carbocycles. The minimum absolute atomic E-state index is 0.0109. The Morgan fingerprint density at radius 2 is 2.04 bits per heavy atom. The zero-order valence-electron chi connectivity index (χ0n) is 15.4.